The standard InChI is InChI=1S/C16H22O2.C13H22O3.C2H6O.C2H6/c1-8(2)16(17)18-13-7-11-6-12(13)15-10-4-3-9(5-10)14(11)15;1-9(14)15-8-16-11-12(2,3)10-5-6-13(11,4)7-10;1-2-3;1-2/h9-15H,1,3-7H2,2H3;10-11H,5-8H2,1-4H3;3H,2H2,1H3;1-2H3. The van der Waals surface area contributed by atoms with Crippen LogP contribution in [0.25, 0.3) is 0 Å². The third kappa shape index (κ3) is 6.42. The molecule has 0 aromatic carbocycles. The maximum Gasteiger partial charge on any atom is 0.333 e. The van der Waals surface area contributed by atoms with Crippen molar-refractivity contribution in [1.82, 2.24) is 0 Å². The van der Waals surface area contributed by atoms with E-state index in [-0.39, 0.29) is 48.4 Å². The molecule has 6 aliphatic rings. The number of carbonyl (C=O) groups excluding carboxylic acids is 2. The lowest BCUT2D eigenvalue weighted by Gasteiger charge is -2.41. The zero-order valence-corrected chi connectivity index (χ0v) is 26.0. The van der Waals surface area contributed by atoms with Gasteiger partial charge in [-0.3, -0.25) is 4.79 Å². The second-order valence-electron chi connectivity index (χ2n) is 13.6. The Labute approximate surface area is 237 Å². The van der Waals surface area contributed by atoms with Gasteiger partial charge in [-0.25, -0.2) is 4.79 Å². The van der Waals surface area contributed by atoms with Gasteiger partial charge in [-0.2, -0.15) is 0 Å². The minimum atomic E-state index is -0.272. The minimum Gasteiger partial charge on any atom is -0.459 e. The predicted octanol–water partition coefficient (Wildman–Crippen LogP) is 6.94. The highest BCUT2D eigenvalue weighted by Gasteiger charge is 2.63. The van der Waals surface area contributed by atoms with Crippen LogP contribution in [-0.2, 0) is 23.8 Å². The molecule has 10 unspecified atom stereocenters. The second kappa shape index (κ2) is 13.1. The fraction of sp³-hybridized carbons (Fsp3) is 0.879. The molecule has 6 aliphatic carbocycles. The first-order chi connectivity index (χ1) is 18.4. The van der Waals surface area contributed by atoms with Gasteiger partial charge >= 0.3 is 11.9 Å². The van der Waals surface area contributed by atoms with Crippen LogP contribution >= 0.6 is 0 Å². The smallest absolute Gasteiger partial charge is 0.333 e. The van der Waals surface area contributed by atoms with Crippen LogP contribution in [0, 0.1) is 52.3 Å². The van der Waals surface area contributed by atoms with Gasteiger partial charge in [0.15, 0.2) is 6.79 Å². The molecule has 0 spiro atoms. The first-order valence-corrected chi connectivity index (χ1v) is 15.6. The summed E-state index contributed by atoms with van der Waals surface area (Å²) in [5.41, 5.74) is 1.05. The van der Waals surface area contributed by atoms with Gasteiger partial charge in [-0.1, -0.05) is 41.2 Å². The van der Waals surface area contributed by atoms with Crippen molar-refractivity contribution >= 4 is 11.9 Å². The molecule has 0 aromatic rings. The molecule has 6 fully saturated rings. The van der Waals surface area contributed by atoms with Crippen LogP contribution in [0.2, 0.25) is 0 Å². The van der Waals surface area contributed by atoms with E-state index in [4.69, 9.17) is 19.3 Å². The normalized spacial score (nSPS) is 40.8. The van der Waals surface area contributed by atoms with Crippen molar-refractivity contribution < 1.29 is 28.9 Å². The molecule has 0 saturated heterocycles. The number of aliphatic hydroxyl groups is 1. The van der Waals surface area contributed by atoms with E-state index >= 15 is 0 Å². The van der Waals surface area contributed by atoms with Crippen LogP contribution in [0.5, 0.6) is 0 Å². The van der Waals surface area contributed by atoms with Gasteiger partial charge in [-0.15, -0.1) is 0 Å². The van der Waals surface area contributed by atoms with Gasteiger partial charge in [0.2, 0.25) is 0 Å². The first-order valence-electron chi connectivity index (χ1n) is 15.6. The first kappa shape index (κ1) is 32.1. The summed E-state index contributed by atoms with van der Waals surface area (Å²) in [5.74, 6) is 5.73. The van der Waals surface area contributed by atoms with E-state index in [0.29, 0.717) is 11.5 Å². The van der Waals surface area contributed by atoms with Crippen molar-refractivity contribution in [3.05, 3.63) is 12.2 Å². The van der Waals surface area contributed by atoms with Gasteiger partial charge in [-0.05, 0) is 117 Å². The summed E-state index contributed by atoms with van der Waals surface area (Å²) < 4.78 is 16.4. The molecule has 6 bridgehead atoms. The molecule has 10 atom stereocenters. The number of esters is 2. The number of hydrogen-bond acceptors (Lipinski definition) is 6. The highest BCUT2D eigenvalue weighted by molar-refractivity contribution is 5.87. The Bertz CT molecular complexity index is 862. The summed E-state index contributed by atoms with van der Waals surface area (Å²) in [6.07, 6.45) is 11.1. The van der Waals surface area contributed by atoms with E-state index in [9.17, 15) is 9.59 Å². The molecule has 6 saturated carbocycles. The molecule has 0 aromatic heterocycles. The molecule has 6 rings (SSSR count). The molecule has 224 valence electrons. The number of rotatable bonds is 5. The summed E-state index contributed by atoms with van der Waals surface area (Å²) in [6, 6.07) is 0. The van der Waals surface area contributed by atoms with Crippen LogP contribution in [0.15, 0.2) is 12.2 Å². The SMILES string of the molecule is C=C(C)C(=O)OC1CC2CC1C1C3CCC(C3)C21.CC.CC(=O)OCOC1C2(C)CCC(C2)C1(C)C.CCO. The average molecular weight is 549 g/mol. The topological polar surface area (TPSA) is 82.1 Å². The van der Waals surface area contributed by atoms with Crippen LogP contribution in [0.1, 0.15) is 107 Å². The summed E-state index contributed by atoms with van der Waals surface area (Å²) in [6.45, 7) is 19.7. The maximum absolute atomic E-state index is 11.7. The molecule has 6 nitrogen and oxygen atoms in total. The minimum absolute atomic E-state index is 0.103. The third-order valence-electron chi connectivity index (χ3n) is 10.9. The molecule has 39 heavy (non-hydrogen) atoms. The summed E-state index contributed by atoms with van der Waals surface area (Å²) in [5, 5.41) is 7.57. The van der Waals surface area contributed by atoms with Crippen molar-refractivity contribution in [3.63, 3.8) is 0 Å². The fourth-order valence-corrected chi connectivity index (χ4v) is 9.74. The van der Waals surface area contributed by atoms with E-state index in [1.807, 2.05) is 13.8 Å². The van der Waals surface area contributed by atoms with Crippen LogP contribution in [0.3, 0.4) is 0 Å². The highest BCUT2D eigenvalue weighted by atomic mass is 16.7. The maximum atomic E-state index is 11.7. The van der Waals surface area contributed by atoms with E-state index < -0.39 is 0 Å². The average Bonchev–Trinajstić information content (AvgIpc) is 3.70. The molecular weight excluding hydrogens is 492 g/mol. The summed E-state index contributed by atoms with van der Waals surface area (Å²) in [7, 11) is 0. The number of aliphatic hydroxyl groups excluding tert-OH is 1. The molecule has 0 heterocycles. The summed E-state index contributed by atoms with van der Waals surface area (Å²) in [4.78, 5) is 22.4. The Balaban J connectivity index is 0.000000187. The molecule has 1 N–H and O–H groups in total. The van der Waals surface area contributed by atoms with Gasteiger partial charge in [0.1, 0.15) is 6.10 Å². The zero-order valence-electron chi connectivity index (χ0n) is 26.0. The Kier molecular flexibility index (Phi) is 10.8. The Morgan fingerprint density at radius 2 is 1.56 bits per heavy atom. The van der Waals surface area contributed by atoms with Crippen LogP contribution < -0.4 is 0 Å². The van der Waals surface area contributed by atoms with Gasteiger partial charge in [0.25, 0.3) is 0 Å². The van der Waals surface area contributed by atoms with Crippen LogP contribution in [-0.4, -0.2) is 42.7 Å². The number of fused-ring (bicyclic) bond motifs is 11. The van der Waals surface area contributed by atoms with E-state index in [1.165, 1.54) is 51.9 Å². The van der Waals surface area contributed by atoms with Gasteiger partial charge < -0.3 is 19.3 Å². The van der Waals surface area contributed by atoms with Crippen molar-refractivity contribution in [1.29, 1.82) is 0 Å². The number of hydrogen-bond donors (Lipinski definition) is 1. The fourth-order valence-electron chi connectivity index (χ4n) is 9.74. The quantitative estimate of drug-likeness (QED) is 0.173. The molecule has 0 amide bonds. The highest BCUT2D eigenvalue weighted by Crippen LogP contribution is 2.68. The largest absolute Gasteiger partial charge is 0.459 e. The van der Waals surface area contributed by atoms with Gasteiger partial charge in [0.05, 0.1) is 6.10 Å². The van der Waals surface area contributed by atoms with Crippen LogP contribution in [0.4, 0.5) is 0 Å². The van der Waals surface area contributed by atoms with Crippen molar-refractivity contribution in [2.45, 2.75) is 119 Å². The van der Waals surface area contributed by atoms with Crippen molar-refractivity contribution in [2.75, 3.05) is 13.4 Å². The molecular formula is C33H56O6. The Morgan fingerprint density at radius 1 is 0.949 bits per heavy atom. The lowest BCUT2D eigenvalue weighted by molar-refractivity contribution is -0.177. The molecule has 0 radical (unpaired) electrons. The van der Waals surface area contributed by atoms with Gasteiger partial charge in [0, 0.05) is 19.1 Å². The second-order valence-corrected chi connectivity index (χ2v) is 13.6. The zero-order chi connectivity index (χ0) is 29.1. The Morgan fingerprint density at radius 3 is 2.10 bits per heavy atom. The number of carbonyl (C=O) groups is 2. The predicted molar refractivity (Wildman–Crippen MR) is 154 cm³/mol. The van der Waals surface area contributed by atoms with E-state index in [1.54, 1.807) is 13.8 Å². The van der Waals surface area contributed by atoms with Crippen molar-refractivity contribution in [3.8, 4) is 0 Å². The monoisotopic (exact) mass is 548 g/mol. The third-order valence-corrected chi connectivity index (χ3v) is 10.9. The Hall–Kier alpha value is -1.40. The lowest BCUT2D eigenvalue weighted by Crippen LogP contribution is -2.42. The van der Waals surface area contributed by atoms with Crippen molar-refractivity contribution in [2.24, 2.45) is 52.3 Å². The van der Waals surface area contributed by atoms with E-state index in [2.05, 4.69) is 27.4 Å². The summed E-state index contributed by atoms with van der Waals surface area (Å²) >= 11 is 0. The number of ether oxygens (including phenoxy) is 3. The molecule has 6 heteroatoms. The van der Waals surface area contributed by atoms with E-state index in [0.717, 1.165) is 41.9 Å². The lowest BCUT2D eigenvalue weighted by atomic mass is 9.70. The molecule has 0 aliphatic heterocycles.